The summed E-state index contributed by atoms with van der Waals surface area (Å²) in [6, 6.07) is 3.09. The fourth-order valence-corrected chi connectivity index (χ4v) is 3.86. The van der Waals surface area contributed by atoms with Crippen molar-refractivity contribution in [2.75, 3.05) is 6.61 Å². The van der Waals surface area contributed by atoms with E-state index in [2.05, 4.69) is 4.90 Å². The Morgan fingerprint density at radius 1 is 1.14 bits per heavy atom. The fraction of sp³-hybridized carbons (Fsp3) is 0.625. The Balaban J connectivity index is 1.79. The zero-order chi connectivity index (χ0) is 15.9. The maximum atomic E-state index is 13.9. The summed E-state index contributed by atoms with van der Waals surface area (Å²) in [4.78, 5) is 2.12. The van der Waals surface area contributed by atoms with E-state index >= 15 is 0 Å². The van der Waals surface area contributed by atoms with Gasteiger partial charge in [-0.05, 0) is 49.8 Å². The van der Waals surface area contributed by atoms with Crippen molar-refractivity contribution in [2.24, 2.45) is 5.92 Å². The molecule has 1 unspecified atom stereocenters. The minimum atomic E-state index is -4.45. The normalized spacial score (nSPS) is 29.0. The van der Waals surface area contributed by atoms with Crippen molar-refractivity contribution in [3.8, 4) is 0 Å². The predicted molar refractivity (Wildman–Crippen MR) is 73.6 cm³/mol. The SMILES string of the molecule is OCC1C[C@H]2CC[C@@H](C1)N2Cc1cc(C(F)(F)F)ccc1F. The average Bonchev–Trinajstić information content (AvgIpc) is 2.70. The highest BCUT2D eigenvalue weighted by Gasteiger charge is 2.40. The van der Waals surface area contributed by atoms with Crippen LogP contribution < -0.4 is 0 Å². The molecule has 2 fully saturated rings. The molecule has 1 aromatic rings. The van der Waals surface area contributed by atoms with E-state index in [0.29, 0.717) is 0 Å². The molecular weight excluding hydrogens is 298 g/mol. The first-order chi connectivity index (χ1) is 10.4. The molecule has 0 radical (unpaired) electrons. The number of piperidine rings is 1. The molecule has 2 saturated heterocycles. The van der Waals surface area contributed by atoms with Gasteiger partial charge >= 0.3 is 6.18 Å². The summed E-state index contributed by atoms with van der Waals surface area (Å²) in [6.45, 7) is 0.363. The van der Waals surface area contributed by atoms with Crippen LogP contribution >= 0.6 is 0 Å². The quantitative estimate of drug-likeness (QED) is 0.862. The van der Waals surface area contributed by atoms with Gasteiger partial charge in [-0.25, -0.2) is 4.39 Å². The van der Waals surface area contributed by atoms with Crippen LogP contribution in [-0.4, -0.2) is 28.7 Å². The Morgan fingerprint density at radius 2 is 1.77 bits per heavy atom. The number of alkyl halides is 3. The van der Waals surface area contributed by atoms with Gasteiger partial charge in [-0.1, -0.05) is 0 Å². The number of benzene rings is 1. The molecule has 0 saturated carbocycles. The van der Waals surface area contributed by atoms with Crippen molar-refractivity contribution in [1.29, 1.82) is 0 Å². The van der Waals surface area contributed by atoms with Gasteiger partial charge in [-0.3, -0.25) is 4.90 Å². The maximum Gasteiger partial charge on any atom is 0.416 e. The summed E-state index contributed by atoms with van der Waals surface area (Å²) in [5.74, 6) is -0.322. The maximum absolute atomic E-state index is 13.9. The van der Waals surface area contributed by atoms with Crippen molar-refractivity contribution in [3.05, 3.63) is 35.1 Å². The van der Waals surface area contributed by atoms with E-state index in [4.69, 9.17) is 0 Å². The number of fused-ring (bicyclic) bond motifs is 2. The third-order valence-corrected chi connectivity index (χ3v) is 4.97. The Morgan fingerprint density at radius 3 is 2.32 bits per heavy atom. The van der Waals surface area contributed by atoms with E-state index in [0.717, 1.165) is 43.9 Å². The topological polar surface area (TPSA) is 23.5 Å². The number of rotatable bonds is 3. The monoisotopic (exact) mass is 317 g/mol. The number of aliphatic hydroxyl groups excluding tert-OH is 1. The van der Waals surface area contributed by atoms with Crippen LogP contribution in [-0.2, 0) is 12.7 Å². The van der Waals surface area contributed by atoms with Crippen LogP contribution in [0.3, 0.4) is 0 Å². The van der Waals surface area contributed by atoms with Crippen LogP contribution in [0.15, 0.2) is 18.2 Å². The van der Waals surface area contributed by atoms with Crippen LogP contribution in [0.25, 0.3) is 0 Å². The molecule has 1 N–H and O–H groups in total. The highest BCUT2D eigenvalue weighted by atomic mass is 19.4. The molecule has 2 heterocycles. The lowest BCUT2D eigenvalue weighted by Gasteiger charge is -2.38. The molecule has 0 spiro atoms. The third kappa shape index (κ3) is 2.99. The van der Waals surface area contributed by atoms with E-state index in [1.165, 1.54) is 0 Å². The molecule has 3 rings (SSSR count). The largest absolute Gasteiger partial charge is 0.416 e. The Labute approximate surface area is 126 Å². The third-order valence-electron chi connectivity index (χ3n) is 4.97. The molecule has 22 heavy (non-hydrogen) atoms. The molecule has 0 aliphatic carbocycles. The van der Waals surface area contributed by atoms with Crippen molar-refractivity contribution in [3.63, 3.8) is 0 Å². The number of hydrogen-bond donors (Lipinski definition) is 1. The van der Waals surface area contributed by atoms with E-state index in [-0.39, 0.29) is 36.7 Å². The van der Waals surface area contributed by atoms with Gasteiger partial charge in [0.05, 0.1) is 5.56 Å². The highest BCUT2D eigenvalue weighted by Crippen LogP contribution is 2.40. The summed E-state index contributed by atoms with van der Waals surface area (Å²) >= 11 is 0. The summed E-state index contributed by atoms with van der Waals surface area (Å²) in [7, 11) is 0. The Kier molecular flexibility index (Phi) is 4.16. The van der Waals surface area contributed by atoms with Crippen LogP contribution in [0.4, 0.5) is 17.6 Å². The van der Waals surface area contributed by atoms with E-state index in [1.807, 2.05) is 0 Å². The van der Waals surface area contributed by atoms with Gasteiger partial charge in [0.1, 0.15) is 5.82 Å². The highest BCUT2D eigenvalue weighted by molar-refractivity contribution is 5.27. The van der Waals surface area contributed by atoms with Crippen molar-refractivity contribution in [2.45, 2.75) is 50.5 Å². The van der Waals surface area contributed by atoms with Gasteiger partial charge in [-0.2, -0.15) is 13.2 Å². The first kappa shape index (κ1) is 15.7. The zero-order valence-corrected chi connectivity index (χ0v) is 12.1. The van der Waals surface area contributed by atoms with Gasteiger partial charge in [-0.15, -0.1) is 0 Å². The van der Waals surface area contributed by atoms with Gasteiger partial charge in [0.2, 0.25) is 0 Å². The molecule has 122 valence electrons. The first-order valence-electron chi connectivity index (χ1n) is 7.60. The molecule has 2 aliphatic rings. The second kappa shape index (κ2) is 5.81. The summed E-state index contributed by atoms with van der Waals surface area (Å²) < 4.78 is 52.2. The van der Waals surface area contributed by atoms with E-state index in [9.17, 15) is 22.7 Å². The number of halogens is 4. The number of aliphatic hydroxyl groups is 1. The number of hydrogen-bond acceptors (Lipinski definition) is 2. The molecule has 0 aromatic heterocycles. The van der Waals surface area contributed by atoms with E-state index < -0.39 is 17.6 Å². The van der Waals surface area contributed by atoms with Gasteiger partial charge in [0.15, 0.2) is 0 Å². The standard InChI is InChI=1S/C16H19F4NO/c17-15-4-1-12(16(18,19)20)7-11(15)8-21-13-2-3-14(21)6-10(5-13)9-22/h1,4,7,10,13-14,22H,2-3,5-6,8-9H2/t10?,13-,14+. The lowest BCUT2D eigenvalue weighted by Crippen LogP contribution is -2.43. The van der Waals surface area contributed by atoms with Crippen molar-refractivity contribution in [1.82, 2.24) is 4.90 Å². The molecular formula is C16H19F4NO. The zero-order valence-electron chi connectivity index (χ0n) is 12.1. The van der Waals surface area contributed by atoms with E-state index in [1.54, 1.807) is 0 Å². The minimum Gasteiger partial charge on any atom is -0.396 e. The lowest BCUT2D eigenvalue weighted by atomic mass is 9.91. The summed E-state index contributed by atoms with van der Waals surface area (Å²) in [5, 5.41) is 9.30. The lowest BCUT2D eigenvalue weighted by molar-refractivity contribution is -0.137. The summed E-state index contributed by atoms with van der Waals surface area (Å²) in [6.07, 6.45) is -0.823. The molecule has 1 aromatic carbocycles. The van der Waals surface area contributed by atoms with Crippen LogP contribution in [0, 0.1) is 11.7 Å². The molecule has 3 atom stereocenters. The molecule has 6 heteroatoms. The second-order valence-electron chi connectivity index (χ2n) is 6.38. The molecule has 2 bridgehead atoms. The first-order valence-corrected chi connectivity index (χ1v) is 7.60. The molecule has 2 aliphatic heterocycles. The Bertz CT molecular complexity index is 531. The Hall–Kier alpha value is -1.14. The fourth-order valence-electron chi connectivity index (χ4n) is 3.86. The second-order valence-corrected chi connectivity index (χ2v) is 6.38. The molecule has 0 amide bonds. The minimum absolute atomic E-state index is 0.106. The number of nitrogens with zero attached hydrogens (tertiary/aromatic N) is 1. The molecule has 2 nitrogen and oxygen atoms in total. The summed E-state index contributed by atoms with van der Waals surface area (Å²) in [5.41, 5.74) is -0.698. The van der Waals surface area contributed by atoms with Gasteiger partial charge in [0.25, 0.3) is 0 Å². The van der Waals surface area contributed by atoms with Crippen LogP contribution in [0.2, 0.25) is 0 Å². The smallest absolute Gasteiger partial charge is 0.396 e. The predicted octanol–water partition coefficient (Wildman–Crippen LogP) is 3.58. The van der Waals surface area contributed by atoms with Gasteiger partial charge in [0, 0.05) is 30.8 Å². The average molecular weight is 317 g/mol. The van der Waals surface area contributed by atoms with Gasteiger partial charge < -0.3 is 5.11 Å². The van der Waals surface area contributed by atoms with Crippen LogP contribution in [0.5, 0.6) is 0 Å². The van der Waals surface area contributed by atoms with Crippen LogP contribution in [0.1, 0.15) is 36.8 Å². The van der Waals surface area contributed by atoms with Crippen molar-refractivity contribution < 1.29 is 22.7 Å². The van der Waals surface area contributed by atoms with Crippen molar-refractivity contribution >= 4 is 0 Å².